The molecule has 0 aliphatic heterocycles. The van der Waals surface area contributed by atoms with Crippen LogP contribution in [0.2, 0.25) is 0 Å². The molecule has 0 heterocycles. The van der Waals surface area contributed by atoms with Crippen LogP contribution in [0.15, 0.2) is 11.6 Å². The molecule has 0 aromatic rings. The normalized spacial score (nSPS) is 40.7. The minimum absolute atomic E-state index is 0.0480. The Balaban J connectivity index is 1.44. The van der Waals surface area contributed by atoms with E-state index in [0.29, 0.717) is 30.1 Å². The van der Waals surface area contributed by atoms with Crippen molar-refractivity contribution in [2.75, 3.05) is 0 Å². The van der Waals surface area contributed by atoms with Crippen LogP contribution in [0.3, 0.4) is 0 Å². The molecule has 0 unspecified atom stereocenters. The number of hydrogen-bond donors (Lipinski definition) is 0. The number of alkyl halides is 3. The molecule has 4 rings (SSSR count). The molecule has 3 fully saturated rings. The molecule has 8 atom stereocenters. The minimum atomic E-state index is -4.91. The zero-order valence-electron chi connectivity index (χ0n) is 21.8. The van der Waals surface area contributed by atoms with Gasteiger partial charge in [0.1, 0.15) is 6.10 Å². The zero-order chi connectivity index (χ0) is 24.9. The molecule has 0 radical (unpaired) electrons. The summed E-state index contributed by atoms with van der Waals surface area (Å²) in [6.07, 6.45) is 8.89. The number of rotatable bonds is 6. The second kappa shape index (κ2) is 9.47. The summed E-state index contributed by atoms with van der Waals surface area (Å²) in [7, 11) is 0. The molecule has 0 aromatic carbocycles. The van der Waals surface area contributed by atoms with Gasteiger partial charge in [-0.2, -0.15) is 13.2 Å². The number of hydrogen-bond acceptors (Lipinski definition) is 2. The number of fused-ring (bicyclic) bond motifs is 5. The molecule has 0 N–H and O–H groups in total. The van der Waals surface area contributed by atoms with Gasteiger partial charge in [-0.15, -0.1) is 0 Å². The molecular formula is C29H45F3O2. The summed E-state index contributed by atoms with van der Waals surface area (Å²) < 4.78 is 42.9. The van der Waals surface area contributed by atoms with Crippen molar-refractivity contribution in [3.63, 3.8) is 0 Å². The first-order valence-electron chi connectivity index (χ1n) is 13.8. The molecule has 194 valence electrons. The third-order valence-corrected chi connectivity index (χ3v) is 10.8. The molecule has 0 amide bonds. The van der Waals surface area contributed by atoms with E-state index in [1.54, 1.807) is 0 Å². The fourth-order valence-corrected chi connectivity index (χ4v) is 8.97. The van der Waals surface area contributed by atoms with Crippen molar-refractivity contribution in [2.45, 2.75) is 118 Å². The number of allylic oxidation sites excluding steroid dienone is 1. The van der Waals surface area contributed by atoms with Crippen molar-refractivity contribution in [1.29, 1.82) is 0 Å². The van der Waals surface area contributed by atoms with Gasteiger partial charge in [0, 0.05) is 6.42 Å². The van der Waals surface area contributed by atoms with Crippen LogP contribution in [0.4, 0.5) is 13.2 Å². The maximum atomic E-state index is 12.7. The smallest absolute Gasteiger partial charge is 0.455 e. The van der Waals surface area contributed by atoms with E-state index in [9.17, 15) is 18.0 Å². The Labute approximate surface area is 204 Å². The lowest BCUT2D eigenvalue weighted by Crippen LogP contribution is -2.51. The first-order valence-corrected chi connectivity index (χ1v) is 13.8. The van der Waals surface area contributed by atoms with Crippen LogP contribution in [0, 0.1) is 46.3 Å². The summed E-state index contributed by atoms with van der Waals surface area (Å²) in [6, 6.07) is 0. The van der Waals surface area contributed by atoms with Gasteiger partial charge in [-0.05, 0) is 91.3 Å². The van der Waals surface area contributed by atoms with Gasteiger partial charge in [-0.1, -0.05) is 65.5 Å². The lowest BCUT2D eigenvalue weighted by Gasteiger charge is -2.58. The molecule has 5 heteroatoms. The predicted octanol–water partition coefficient (Wildman–Crippen LogP) is 8.50. The Morgan fingerprint density at radius 3 is 2.47 bits per heavy atom. The van der Waals surface area contributed by atoms with Crippen LogP contribution < -0.4 is 0 Å². The first kappa shape index (κ1) is 26.1. The highest BCUT2D eigenvalue weighted by Crippen LogP contribution is 2.67. The lowest BCUT2D eigenvalue weighted by atomic mass is 9.47. The summed E-state index contributed by atoms with van der Waals surface area (Å²) in [5, 5.41) is 0. The largest absolute Gasteiger partial charge is 0.490 e. The summed E-state index contributed by atoms with van der Waals surface area (Å²) in [5.74, 6) is 2.42. The van der Waals surface area contributed by atoms with Crippen LogP contribution in [-0.4, -0.2) is 18.2 Å². The van der Waals surface area contributed by atoms with E-state index in [2.05, 4.69) is 40.7 Å². The number of carbonyl (C=O) groups excluding carboxylic acids is 1. The fourth-order valence-electron chi connectivity index (χ4n) is 8.97. The second-order valence-electron chi connectivity index (χ2n) is 13.1. The lowest BCUT2D eigenvalue weighted by molar-refractivity contribution is -0.206. The highest BCUT2D eigenvalue weighted by molar-refractivity contribution is 5.75. The van der Waals surface area contributed by atoms with E-state index in [4.69, 9.17) is 4.74 Å². The Kier molecular flexibility index (Phi) is 7.26. The standard InChI is InChI=1S/C29H45F3O2/c1-18(2)7-6-8-19(3)23-11-12-24-22-10-9-20-17-21(34-26(33)29(30,31)32)13-15-27(20,4)25(22)14-16-28(23,24)5/h9,18-19,21-25H,6-8,10-17H2,1-5H3/t19-,21-,22-,23+,24-,25-,27-,28+/m0/s1. The van der Waals surface area contributed by atoms with Crippen LogP contribution in [0.1, 0.15) is 105 Å². The van der Waals surface area contributed by atoms with Gasteiger partial charge < -0.3 is 4.74 Å². The zero-order valence-corrected chi connectivity index (χ0v) is 21.8. The van der Waals surface area contributed by atoms with Crippen LogP contribution in [0.5, 0.6) is 0 Å². The van der Waals surface area contributed by atoms with E-state index in [-0.39, 0.29) is 5.41 Å². The predicted molar refractivity (Wildman–Crippen MR) is 129 cm³/mol. The molecule has 0 spiro atoms. The van der Waals surface area contributed by atoms with Crippen LogP contribution in [-0.2, 0) is 9.53 Å². The molecule has 4 aliphatic rings. The Hall–Kier alpha value is -1.00. The molecule has 0 aromatic heterocycles. The molecule has 0 bridgehead atoms. The number of halogens is 3. The highest BCUT2D eigenvalue weighted by atomic mass is 19.4. The summed E-state index contributed by atoms with van der Waals surface area (Å²) in [4.78, 5) is 11.4. The van der Waals surface area contributed by atoms with Crippen LogP contribution >= 0.6 is 0 Å². The molecule has 0 saturated heterocycles. The Morgan fingerprint density at radius 2 is 1.79 bits per heavy atom. The third-order valence-electron chi connectivity index (χ3n) is 10.8. The third kappa shape index (κ3) is 4.71. The first-order chi connectivity index (χ1) is 15.9. The highest BCUT2D eigenvalue weighted by Gasteiger charge is 2.59. The number of ether oxygens (including phenoxy) is 1. The number of esters is 1. The minimum Gasteiger partial charge on any atom is -0.455 e. The second-order valence-corrected chi connectivity index (χ2v) is 13.1. The SMILES string of the molecule is CC(C)CCC[C@H](C)[C@H]1CC[C@H]2[C@@H]3CC=C4C[C@@H](OC(=O)C(F)(F)F)CC[C@]4(C)[C@H]3CC[C@]12C. The Morgan fingerprint density at radius 1 is 1.06 bits per heavy atom. The van der Waals surface area contributed by atoms with E-state index < -0.39 is 18.2 Å². The van der Waals surface area contributed by atoms with Gasteiger partial charge in [0.05, 0.1) is 0 Å². The average Bonchev–Trinajstić information content (AvgIpc) is 3.10. The summed E-state index contributed by atoms with van der Waals surface area (Å²) >= 11 is 0. The molecule has 34 heavy (non-hydrogen) atoms. The Bertz CT molecular complexity index is 787. The van der Waals surface area contributed by atoms with E-state index in [0.717, 1.165) is 36.5 Å². The summed E-state index contributed by atoms with van der Waals surface area (Å²) in [5.41, 5.74) is 1.73. The maximum Gasteiger partial charge on any atom is 0.490 e. The maximum absolute atomic E-state index is 12.7. The van der Waals surface area contributed by atoms with Gasteiger partial charge >= 0.3 is 12.1 Å². The summed E-state index contributed by atoms with van der Waals surface area (Å²) in [6.45, 7) is 12.1. The van der Waals surface area contributed by atoms with Crippen molar-refractivity contribution < 1.29 is 22.7 Å². The average molecular weight is 483 g/mol. The van der Waals surface area contributed by atoms with E-state index >= 15 is 0 Å². The van der Waals surface area contributed by atoms with Gasteiger partial charge in [-0.25, -0.2) is 4.79 Å². The van der Waals surface area contributed by atoms with Gasteiger partial charge in [0.2, 0.25) is 0 Å². The molecule has 4 aliphatic carbocycles. The van der Waals surface area contributed by atoms with Gasteiger partial charge in [0.15, 0.2) is 0 Å². The topological polar surface area (TPSA) is 26.3 Å². The van der Waals surface area contributed by atoms with Crippen LogP contribution in [0.25, 0.3) is 0 Å². The molecule has 3 saturated carbocycles. The van der Waals surface area contributed by atoms with Crippen molar-refractivity contribution >= 4 is 5.97 Å². The van der Waals surface area contributed by atoms with Gasteiger partial charge in [0.25, 0.3) is 0 Å². The fraction of sp³-hybridized carbons (Fsp3) is 0.897. The number of carbonyl (C=O) groups is 1. The van der Waals surface area contributed by atoms with E-state index in [1.807, 2.05) is 0 Å². The van der Waals surface area contributed by atoms with Crippen molar-refractivity contribution in [3.05, 3.63) is 11.6 Å². The van der Waals surface area contributed by atoms with Crippen molar-refractivity contribution in [3.8, 4) is 0 Å². The van der Waals surface area contributed by atoms with Gasteiger partial charge in [-0.3, -0.25) is 0 Å². The molecular weight excluding hydrogens is 437 g/mol. The monoisotopic (exact) mass is 482 g/mol. The molecule has 2 nitrogen and oxygen atoms in total. The van der Waals surface area contributed by atoms with E-state index in [1.165, 1.54) is 50.5 Å². The van der Waals surface area contributed by atoms with Crippen molar-refractivity contribution in [2.24, 2.45) is 46.3 Å². The quantitative estimate of drug-likeness (QED) is 0.280. The van der Waals surface area contributed by atoms with Crippen molar-refractivity contribution in [1.82, 2.24) is 0 Å².